The molecule has 5 heteroatoms. The molecule has 0 aliphatic carbocycles. The molecule has 0 spiro atoms. The van der Waals surface area contributed by atoms with Crippen LogP contribution >= 0.6 is 11.6 Å². The van der Waals surface area contributed by atoms with Crippen molar-refractivity contribution in [3.8, 4) is 0 Å². The Morgan fingerprint density at radius 2 is 2.19 bits per heavy atom. The van der Waals surface area contributed by atoms with Gasteiger partial charge in [0.05, 0.1) is 16.4 Å². The molecule has 2 heterocycles. The zero-order valence-corrected chi connectivity index (χ0v) is 14.6. The van der Waals surface area contributed by atoms with E-state index in [0.717, 1.165) is 49.0 Å². The maximum Gasteiger partial charge on any atom is 0.0863 e. The molecule has 1 aliphatic heterocycles. The van der Waals surface area contributed by atoms with Gasteiger partial charge in [0.2, 0.25) is 0 Å². The fraction of sp³-hybridized carbons (Fsp3) is 0.812. The number of hydrogen-bond donors (Lipinski definition) is 1. The molecule has 1 fully saturated rings. The molecule has 2 rings (SSSR count). The first-order chi connectivity index (χ1) is 10.1. The van der Waals surface area contributed by atoms with Gasteiger partial charge in [-0.25, -0.2) is 0 Å². The van der Waals surface area contributed by atoms with Crippen LogP contribution in [0.3, 0.4) is 0 Å². The molecule has 0 radical (unpaired) electrons. The van der Waals surface area contributed by atoms with Gasteiger partial charge in [-0.2, -0.15) is 5.10 Å². The zero-order chi connectivity index (χ0) is 15.4. The van der Waals surface area contributed by atoms with E-state index in [1.807, 2.05) is 11.7 Å². The number of aromatic nitrogens is 2. The van der Waals surface area contributed by atoms with E-state index in [9.17, 15) is 0 Å². The van der Waals surface area contributed by atoms with Crippen molar-refractivity contribution in [2.24, 2.45) is 13.0 Å². The fourth-order valence-corrected chi connectivity index (χ4v) is 3.39. The van der Waals surface area contributed by atoms with Gasteiger partial charge in [-0.15, -0.1) is 0 Å². The highest BCUT2D eigenvalue weighted by Crippen LogP contribution is 2.23. The summed E-state index contributed by atoms with van der Waals surface area (Å²) in [6, 6.07) is 0.579. The SMILES string of the molecule is CCc1nn(C)c(CN2CCCNC(C(C)CC)C2)c1Cl. The molecular formula is C16H29ClN4. The Labute approximate surface area is 133 Å². The molecule has 120 valence electrons. The molecule has 4 nitrogen and oxygen atoms in total. The van der Waals surface area contributed by atoms with Crippen molar-refractivity contribution < 1.29 is 0 Å². The minimum atomic E-state index is 0.579. The van der Waals surface area contributed by atoms with Gasteiger partial charge in [-0.1, -0.05) is 38.8 Å². The minimum absolute atomic E-state index is 0.579. The Bertz CT molecular complexity index is 457. The number of rotatable bonds is 5. The van der Waals surface area contributed by atoms with E-state index in [4.69, 9.17) is 11.6 Å². The van der Waals surface area contributed by atoms with Crippen molar-refractivity contribution >= 4 is 11.6 Å². The van der Waals surface area contributed by atoms with Crippen LogP contribution in [0.5, 0.6) is 0 Å². The summed E-state index contributed by atoms with van der Waals surface area (Å²) < 4.78 is 1.96. The molecule has 1 N–H and O–H groups in total. The lowest BCUT2D eigenvalue weighted by atomic mass is 9.99. The lowest BCUT2D eigenvalue weighted by molar-refractivity contribution is 0.226. The Kier molecular flexibility index (Phi) is 6.08. The van der Waals surface area contributed by atoms with Crippen molar-refractivity contribution in [2.75, 3.05) is 19.6 Å². The Hall–Kier alpha value is -0.580. The summed E-state index contributed by atoms with van der Waals surface area (Å²) in [4.78, 5) is 2.53. The third kappa shape index (κ3) is 3.99. The summed E-state index contributed by atoms with van der Waals surface area (Å²) in [5.41, 5.74) is 2.17. The van der Waals surface area contributed by atoms with E-state index >= 15 is 0 Å². The first kappa shape index (κ1) is 16.8. The predicted molar refractivity (Wildman–Crippen MR) is 88.7 cm³/mol. The average Bonchev–Trinajstić information content (AvgIpc) is 2.68. The van der Waals surface area contributed by atoms with Crippen LogP contribution in [-0.4, -0.2) is 40.4 Å². The quantitative estimate of drug-likeness (QED) is 0.907. The standard InChI is InChI=1S/C16H29ClN4/c1-5-12(3)14-10-21(9-7-8-18-14)11-15-16(17)13(6-2)19-20(15)4/h12,14,18H,5-11H2,1-4H3. The van der Waals surface area contributed by atoms with E-state index in [-0.39, 0.29) is 0 Å². The van der Waals surface area contributed by atoms with Gasteiger partial charge in [0.15, 0.2) is 0 Å². The van der Waals surface area contributed by atoms with E-state index in [0.29, 0.717) is 12.0 Å². The first-order valence-electron chi connectivity index (χ1n) is 8.22. The van der Waals surface area contributed by atoms with Crippen molar-refractivity contribution in [1.29, 1.82) is 0 Å². The van der Waals surface area contributed by atoms with Gasteiger partial charge >= 0.3 is 0 Å². The van der Waals surface area contributed by atoms with E-state index in [2.05, 4.69) is 36.1 Å². The molecule has 0 amide bonds. The number of halogens is 1. The third-order valence-corrected chi connectivity index (χ3v) is 5.16. The monoisotopic (exact) mass is 312 g/mol. The van der Waals surface area contributed by atoms with Gasteiger partial charge in [-0.3, -0.25) is 9.58 Å². The van der Waals surface area contributed by atoms with E-state index in [1.54, 1.807) is 0 Å². The highest BCUT2D eigenvalue weighted by molar-refractivity contribution is 6.31. The third-order valence-electron chi connectivity index (χ3n) is 4.72. The molecular weight excluding hydrogens is 284 g/mol. The van der Waals surface area contributed by atoms with Crippen LogP contribution in [0, 0.1) is 5.92 Å². The van der Waals surface area contributed by atoms with Crippen molar-refractivity contribution in [3.05, 3.63) is 16.4 Å². The molecule has 21 heavy (non-hydrogen) atoms. The second-order valence-corrected chi connectivity index (χ2v) is 6.60. The van der Waals surface area contributed by atoms with Crippen molar-refractivity contribution in [1.82, 2.24) is 20.0 Å². The number of nitrogens with zero attached hydrogens (tertiary/aromatic N) is 3. The van der Waals surface area contributed by atoms with Crippen molar-refractivity contribution in [2.45, 2.75) is 52.6 Å². The lowest BCUT2D eigenvalue weighted by Crippen LogP contribution is -2.41. The number of nitrogens with one attached hydrogen (secondary N) is 1. The van der Waals surface area contributed by atoms with Crippen LogP contribution in [0.1, 0.15) is 45.0 Å². The van der Waals surface area contributed by atoms with Gasteiger partial charge < -0.3 is 5.32 Å². The maximum absolute atomic E-state index is 6.49. The predicted octanol–water partition coefficient (Wildman–Crippen LogP) is 2.85. The number of hydrogen-bond acceptors (Lipinski definition) is 3. The van der Waals surface area contributed by atoms with Gasteiger partial charge in [0, 0.05) is 26.2 Å². The maximum atomic E-state index is 6.49. The Morgan fingerprint density at radius 1 is 1.43 bits per heavy atom. The Balaban J connectivity index is 2.09. The van der Waals surface area contributed by atoms with Crippen LogP contribution in [0.15, 0.2) is 0 Å². The summed E-state index contributed by atoms with van der Waals surface area (Å²) in [5, 5.41) is 9.09. The van der Waals surface area contributed by atoms with Crippen LogP contribution in [-0.2, 0) is 20.0 Å². The van der Waals surface area contributed by atoms with Gasteiger partial charge in [0.1, 0.15) is 0 Å². The number of aryl methyl sites for hydroxylation is 2. The first-order valence-corrected chi connectivity index (χ1v) is 8.60. The van der Waals surface area contributed by atoms with Crippen LogP contribution < -0.4 is 5.32 Å². The zero-order valence-electron chi connectivity index (χ0n) is 13.8. The molecule has 1 aliphatic rings. The Morgan fingerprint density at radius 3 is 2.81 bits per heavy atom. The highest BCUT2D eigenvalue weighted by atomic mass is 35.5. The smallest absolute Gasteiger partial charge is 0.0863 e. The lowest BCUT2D eigenvalue weighted by Gasteiger charge is -2.28. The van der Waals surface area contributed by atoms with Crippen LogP contribution in [0.4, 0.5) is 0 Å². The molecule has 2 unspecified atom stereocenters. The summed E-state index contributed by atoms with van der Waals surface area (Å²) in [6.45, 7) is 11.0. The normalized spacial score (nSPS) is 22.2. The molecule has 0 bridgehead atoms. The summed E-state index contributed by atoms with van der Waals surface area (Å²) in [6.07, 6.45) is 3.31. The van der Waals surface area contributed by atoms with E-state index < -0.39 is 0 Å². The van der Waals surface area contributed by atoms with E-state index in [1.165, 1.54) is 12.8 Å². The van der Waals surface area contributed by atoms with Gasteiger partial charge in [-0.05, 0) is 31.8 Å². The molecule has 0 aromatic carbocycles. The summed E-state index contributed by atoms with van der Waals surface area (Å²) in [5.74, 6) is 0.707. The molecule has 1 aromatic heterocycles. The molecule has 1 aromatic rings. The van der Waals surface area contributed by atoms with Crippen molar-refractivity contribution in [3.63, 3.8) is 0 Å². The molecule has 2 atom stereocenters. The van der Waals surface area contributed by atoms with Gasteiger partial charge in [0.25, 0.3) is 0 Å². The largest absolute Gasteiger partial charge is 0.312 e. The van der Waals surface area contributed by atoms with Crippen LogP contribution in [0.2, 0.25) is 5.02 Å². The average molecular weight is 313 g/mol. The highest BCUT2D eigenvalue weighted by Gasteiger charge is 2.23. The molecule has 1 saturated heterocycles. The fourth-order valence-electron chi connectivity index (χ4n) is 3.04. The summed E-state index contributed by atoms with van der Waals surface area (Å²) in [7, 11) is 2.00. The second kappa shape index (κ2) is 7.61. The minimum Gasteiger partial charge on any atom is -0.312 e. The summed E-state index contributed by atoms with van der Waals surface area (Å²) >= 11 is 6.49. The van der Waals surface area contributed by atoms with Crippen LogP contribution in [0.25, 0.3) is 0 Å². The second-order valence-electron chi connectivity index (χ2n) is 6.22. The topological polar surface area (TPSA) is 33.1 Å². The molecule has 0 saturated carbocycles.